The SMILES string of the molecule is CN=C(NCc1ccnc(Oc2ccc(F)cc2)c1)NC1CCN(c2ncccc2F)C1.I. The van der Waals surface area contributed by atoms with Crippen molar-refractivity contribution < 1.29 is 13.5 Å². The molecule has 1 aliphatic rings. The van der Waals surface area contributed by atoms with Crippen molar-refractivity contribution in [3.05, 3.63) is 78.1 Å². The van der Waals surface area contributed by atoms with E-state index in [2.05, 4.69) is 25.6 Å². The average molecular weight is 566 g/mol. The lowest BCUT2D eigenvalue weighted by Gasteiger charge is -2.20. The Labute approximate surface area is 208 Å². The van der Waals surface area contributed by atoms with Crippen molar-refractivity contribution in [3.63, 3.8) is 0 Å². The molecule has 0 amide bonds. The summed E-state index contributed by atoms with van der Waals surface area (Å²) in [7, 11) is 1.70. The molecule has 1 saturated heterocycles. The van der Waals surface area contributed by atoms with Gasteiger partial charge in [-0.1, -0.05) is 0 Å². The highest BCUT2D eigenvalue weighted by atomic mass is 127. The van der Waals surface area contributed by atoms with Gasteiger partial charge in [-0.2, -0.15) is 0 Å². The fourth-order valence-corrected chi connectivity index (χ4v) is 3.49. The summed E-state index contributed by atoms with van der Waals surface area (Å²) >= 11 is 0. The zero-order valence-electron chi connectivity index (χ0n) is 18.0. The molecule has 1 unspecified atom stereocenters. The van der Waals surface area contributed by atoms with Crippen LogP contribution >= 0.6 is 24.0 Å². The smallest absolute Gasteiger partial charge is 0.219 e. The van der Waals surface area contributed by atoms with Crippen molar-refractivity contribution in [1.29, 1.82) is 0 Å². The van der Waals surface area contributed by atoms with Crippen molar-refractivity contribution in [2.45, 2.75) is 19.0 Å². The van der Waals surface area contributed by atoms with Gasteiger partial charge < -0.3 is 20.3 Å². The first-order chi connectivity index (χ1) is 15.6. The second-order valence-corrected chi connectivity index (χ2v) is 7.37. The van der Waals surface area contributed by atoms with Crippen LogP contribution in [0.25, 0.3) is 0 Å². The number of aromatic nitrogens is 2. The lowest BCUT2D eigenvalue weighted by molar-refractivity contribution is 0.460. The summed E-state index contributed by atoms with van der Waals surface area (Å²) in [5.41, 5.74) is 0.948. The van der Waals surface area contributed by atoms with Crippen molar-refractivity contribution in [3.8, 4) is 11.6 Å². The maximum atomic E-state index is 14.0. The number of anilines is 1. The van der Waals surface area contributed by atoms with Gasteiger partial charge in [0.1, 0.15) is 11.6 Å². The molecule has 1 fully saturated rings. The molecule has 0 aliphatic carbocycles. The Morgan fingerprint density at radius 1 is 1.15 bits per heavy atom. The van der Waals surface area contributed by atoms with E-state index in [9.17, 15) is 8.78 Å². The Morgan fingerprint density at radius 2 is 1.97 bits per heavy atom. The lowest BCUT2D eigenvalue weighted by atomic mass is 10.2. The van der Waals surface area contributed by atoms with Gasteiger partial charge in [-0.05, 0) is 54.4 Å². The first-order valence-electron chi connectivity index (χ1n) is 10.3. The van der Waals surface area contributed by atoms with Crippen LogP contribution < -0.4 is 20.3 Å². The fraction of sp³-hybridized carbons (Fsp3) is 0.261. The number of aliphatic imine (C=N–C) groups is 1. The Bertz CT molecular complexity index is 1080. The van der Waals surface area contributed by atoms with Gasteiger partial charge in [-0.25, -0.2) is 18.7 Å². The summed E-state index contributed by atoms with van der Waals surface area (Å²) in [5.74, 6) is 1.32. The van der Waals surface area contributed by atoms with E-state index in [1.807, 2.05) is 17.0 Å². The number of hydrogen-bond acceptors (Lipinski definition) is 5. The number of benzene rings is 1. The number of pyridine rings is 2. The van der Waals surface area contributed by atoms with E-state index in [-0.39, 0.29) is 41.7 Å². The maximum Gasteiger partial charge on any atom is 0.219 e. The topological polar surface area (TPSA) is 74.7 Å². The molecule has 3 aromatic rings. The molecule has 4 rings (SSSR count). The molecule has 3 heterocycles. The van der Waals surface area contributed by atoms with Crippen LogP contribution in [0.2, 0.25) is 0 Å². The predicted octanol–water partition coefficient (Wildman–Crippen LogP) is 4.11. The molecule has 0 spiro atoms. The first kappa shape index (κ1) is 24.6. The minimum absolute atomic E-state index is 0. The summed E-state index contributed by atoms with van der Waals surface area (Å²) in [5, 5.41) is 6.65. The highest BCUT2D eigenvalue weighted by Crippen LogP contribution is 2.21. The molecule has 174 valence electrons. The largest absolute Gasteiger partial charge is 0.439 e. The third kappa shape index (κ3) is 6.73. The molecule has 1 aliphatic heterocycles. The monoisotopic (exact) mass is 566 g/mol. The number of guanidine groups is 1. The van der Waals surface area contributed by atoms with Crippen molar-refractivity contribution in [1.82, 2.24) is 20.6 Å². The Balaban J connectivity index is 0.00000306. The molecule has 2 N–H and O–H groups in total. The third-order valence-electron chi connectivity index (χ3n) is 5.09. The van der Waals surface area contributed by atoms with Gasteiger partial charge in [0.2, 0.25) is 5.88 Å². The van der Waals surface area contributed by atoms with Gasteiger partial charge in [0, 0.05) is 51.2 Å². The fourth-order valence-electron chi connectivity index (χ4n) is 3.49. The Hall–Kier alpha value is -3.02. The summed E-state index contributed by atoms with van der Waals surface area (Å²) in [4.78, 5) is 14.6. The number of rotatable bonds is 6. The van der Waals surface area contributed by atoms with Crippen LogP contribution in [-0.4, -0.2) is 42.1 Å². The number of nitrogens with one attached hydrogen (secondary N) is 2. The van der Waals surface area contributed by atoms with Crippen molar-refractivity contribution in [2.24, 2.45) is 4.99 Å². The van der Waals surface area contributed by atoms with Gasteiger partial charge in [-0.15, -0.1) is 24.0 Å². The van der Waals surface area contributed by atoms with Crippen LogP contribution in [0.3, 0.4) is 0 Å². The molecule has 0 radical (unpaired) electrons. The number of nitrogens with zero attached hydrogens (tertiary/aromatic N) is 4. The van der Waals surface area contributed by atoms with Gasteiger partial charge in [0.15, 0.2) is 17.6 Å². The molecule has 1 atom stereocenters. The molecule has 7 nitrogen and oxygen atoms in total. The van der Waals surface area contributed by atoms with E-state index in [0.29, 0.717) is 36.5 Å². The Morgan fingerprint density at radius 3 is 2.73 bits per heavy atom. The van der Waals surface area contributed by atoms with E-state index in [1.165, 1.54) is 18.2 Å². The van der Waals surface area contributed by atoms with Gasteiger partial charge >= 0.3 is 0 Å². The summed E-state index contributed by atoms with van der Waals surface area (Å²) in [6.07, 6.45) is 4.10. The molecule has 0 saturated carbocycles. The maximum absolute atomic E-state index is 14.0. The molecule has 2 aromatic heterocycles. The van der Waals surface area contributed by atoms with Crippen LogP contribution in [0.5, 0.6) is 11.6 Å². The summed E-state index contributed by atoms with van der Waals surface area (Å²) in [6, 6.07) is 12.6. The average Bonchev–Trinajstić information content (AvgIpc) is 3.27. The van der Waals surface area contributed by atoms with Crippen LogP contribution in [0.4, 0.5) is 14.6 Å². The second-order valence-electron chi connectivity index (χ2n) is 7.37. The number of halogens is 3. The number of hydrogen-bond donors (Lipinski definition) is 2. The molecule has 0 bridgehead atoms. The lowest BCUT2D eigenvalue weighted by Crippen LogP contribution is -2.44. The van der Waals surface area contributed by atoms with Gasteiger partial charge in [0.05, 0.1) is 0 Å². The van der Waals surface area contributed by atoms with E-state index < -0.39 is 0 Å². The quantitative estimate of drug-likeness (QED) is 0.266. The molecular formula is C23H25F2IN6O. The molecule has 1 aromatic carbocycles. The summed E-state index contributed by atoms with van der Waals surface area (Å²) in [6.45, 7) is 1.86. The highest BCUT2D eigenvalue weighted by molar-refractivity contribution is 14.0. The zero-order valence-corrected chi connectivity index (χ0v) is 20.4. The van der Waals surface area contributed by atoms with Gasteiger partial charge in [-0.3, -0.25) is 4.99 Å². The Kier molecular flexibility index (Phi) is 8.75. The van der Waals surface area contributed by atoms with Crippen LogP contribution in [-0.2, 0) is 6.54 Å². The molecular weight excluding hydrogens is 541 g/mol. The van der Waals surface area contributed by atoms with E-state index in [1.54, 1.807) is 37.6 Å². The third-order valence-corrected chi connectivity index (χ3v) is 5.09. The molecule has 10 heteroatoms. The highest BCUT2D eigenvalue weighted by Gasteiger charge is 2.25. The minimum atomic E-state index is -0.322. The van der Waals surface area contributed by atoms with Crippen molar-refractivity contribution in [2.75, 3.05) is 25.0 Å². The van der Waals surface area contributed by atoms with Crippen LogP contribution in [0, 0.1) is 11.6 Å². The van der Waals surface area contributed by atoms with Gasteiger partial charge in [0.25, 0.3) is 0 Å². The molecule has 33 heavy (non-hydrogen) atoms. The minimum Gasteiger partial charge on any atom is -0.439 e. The first-order valence-corrected chi connectivity index (χ1v) is 10.3. The van der Waals surface area contributed by atoms with E-state index in [4.69, 9.17) is 4.74 Å². The van der Waals surface area contributed by atoms with E-state index in [0.717, 1.165) is 18.5 Å². The normalized spacial score (nSPS) is 15.7. The standard InChI is InChI=1S/C23H24F2N6O.HI/c1-26-23(30-18-9-12-31(15-18)22-20(25)3-2-10-28-22)29-14-16-8-11-27-21(13-16)32-19-6-4-17(24)5-7-19;/h2-8,10-11,13,18H,9,12,14-15H2,1H3,(H2,26,29,30);1H. The summed E-state index contributed by atoms with van der Waals surface area (Å²) < 4.78 is 32.7. The van der Waals surface area contributed by atoms with E-state index >= 15 is 0 Å². The van der Waals surface area contributed by atoms with Crippen LogP contribution in [0.1, 0.15) is 12.0 Å². The second kappa shape index (κ2) is 11.7. The number of ether oxygens (including phenoxy) is 1. The predicted molar refractivity (Wildman–Crippen MR) is 134 cm³/mol. The van der Waals surface area contributed by atoms with Crippen molar-refractivity contribution >= 4 is 35.8 Å². The van der Waals surface area contributed by atoms with Crippen LogP contribution in [0.15, 0.2) is 65.9 Å². The zero-order chi connectivity index (χ0) is 22.3.